The Bertz CT molecular complexity index is 326. The second-order valence-electron chi connectivity index (χ2n) is 2.72. The molecule has 1 rings (SSSR count). The molecule has 14 heavy (non-hydrogen) atoms. The molecule has 0 aliphatic heterocycles. The molecule has 0 heterocycles. The standard InChI is InChI=1S/C10H9F2NO/c11-8-5-9(12)7-10(6-8)14-4-2-1-3-13/h5-7H,1-2,4H2. The Balaban J connectivity index is 2.47. The van der Waals surface area contributed by atoms with Crippen molar-refractivity contribution in [2.75, 3.05) is 6.61 Å². The average molecular weight is 197 g/mol. The highest BCUT2D eigenvalue weighted by Crippen LogP contribution is 2.15. The summed E-state index contributed by atoms with van der Waals surface area (Å²) in [6.07, 6.45) is 0.923. The van der Waals surface area contributed by atoms with Gasteiger partial charge < -0.3 is 4.74 Å². The van der Waals surface area contributed by atoms with Gasteiger partial charge in [-0.2, -0.15) is 5.26 Å². The number of hydrogen-bond acceptors (Lipinski definition) is 2. The van der Waals surface area contributed by atoms with Crippen LogP contribution < -0.4 is 4.74 Å². The van der Waals surface area contributed by atoms with Crippen LogP contribution in [-0.4, -0.2) is 6.61 Å². The summed E-state index contributed by atoms with van der Waals surface area (Å²) in [5.74, 6) is -1.18. The third kappa shape index (κ3) is 3.40. The monoisotopic (exact) mass is 197 g/mol. The normalized spacial score (nSPS) is 9.50. The zero-order valence-electron chi connectivity index (χ0n) is 7.46. The predicted octanol–water partition coefficient (Wildman–Crippen LogP) is 2.65. The summed E-state index contributed by atoms with van der Waals surface area (Å²) in [7, 11) is 0. The SMILES string of the molecule is N#CCCCOc1cc(F)cc(F)c1. The second kappa shape index (κ2) is 5.18. The van der Waals surface area contributed by atoms with E-state index in [1.54, 1.807) is 0 Å². The third-order valence-electron chi connectivity index (χ3n) is 1.54. The lowest BCUT2D eigenvalue weighted by Gasteiger charge is -2.04. The predicted molar refractivity (Wildman–Crippen MR) is 46.7 cm³/mol. The van der Waals surface area contributed by atoms with Crippen LogP contribution in [0, 0.1) is 23.0 Å². The van der Waals surface area contributed by atoms with Crippen LogP contribution in [0.3, 0.4) is 0 Å². The van der Waals surface area contributed by atoms with Gasteiger partial charge in [0.05, 0.1) is 12.7 Å². The van der Waals surface area contributed by atoms with Crippen LogP contribution in [0.15, 0.2) is 18.2 Å². The van der Waals surface area contributed by atoms with Crippen LogP contribution in [0.4, 0.5) is 8.78 Å². The summed E-state index contributed by atoms with van der Waals surface area (Å²) in [6.45, 7) is 0.288. The lowest BCUT2D eigenvalue weighted by molar-refractivity contribution is 0.309. The van der Waals surface area contributed by atoms with Gasteiger partial charge in [-0.1, -0.05) is 0 Å². The first-order valence-electron chi connectivity index (χ1n) is 4.18. The Morgan fingerprint density at radius 1 is 1.21 bits per heavy atom. The minimum absolute atomic E-state index is 0.153. The van der Waals surface area contributed by atoms with E-state index in [0.717, 1.165) is 18.2 Å². The summed E-state index contributed by atoms with van der Waals surface area (Å²) < 4.78 is 30.3. The molecule has 0 aliphatic carbocycles. The molecule has 74 valence electrons. The van der Waals surface area contributed by atoms with Gasteiger partial charge in [0, 0.05) is 24.6 Å². The molecule has 0 saturated carbocycles. The molecule has 0 bridgehead atoms. The molecule has 0 atom stereocenters. The molecule has 4 heteroatoms. The number of rotatable bonds is 4. The maximum Gasteiger partial charge on any atom is 0.129 e. The molecule has 1 aromatic rings. The van der Waals surface area contributed by atoms with Crippen LogP contribution in [0.5, 0.6) is 5.75 Å². The lowest BCUT2D eigenvalue weighted by atomic mass is 10.3. The quantitative estimate of drug-likeness (QED) is 0.695. The molecule has 0 amide bonds. The maximum absolute atomic E-state index is 12.6. The smallest absolute Gasteiger partial charge is 0.129 e. The fraction of sp³-hybridized carbons (Fsp3) is 0.300. The van der Waals surface area contributed by atoms with Crippen molar-refractivity contribution in [3.05, 3.63) is 29.8 Å². The van der Waals surface area contributed by atoms with E-state index in [0.29, 0.717) is 12.8 Å². The molecular weight excluding hydrogens is 188 g/mol. The summed E-state index contributed by atoms with van der Waals surface area (Å²) in [5, 5.41) is 8.23. The van der Waals surface area contributed by atoms with Gasteiger partial charge in [-0.15, -0.1) is 0 Å². The van der Waals surface area contributed by atoms with Gasteiger partial charge in [0.2, 0.25) is 0 Å². The van der Waals surface area contributed by atoms with Crippen molar-refractivity contribution >= 4 is 0 Å². The molecule has 0 spiro atoms. The van der Waals surface area contributed by atoms with Crippen LogP contribution in [0.2, 0.25) is 0 Å². The highest BCUT2D eigenvalue weighted by atomic mass is 19.1. The van der Waals surface area contributed by atoms with Gasteiger partial charge in [-0.05, 0) is 6.42 Å². The molecule has 0 unspecified atom stereocenters. The average Bonchev–Trinajstić information content (AvgIpc) is 2.11. The minimum Gasteiger partial charge on any atom is -0.493 e. The van der Waals surface area contributed by atoms with E-state index in [2.05, 4.69) is 0 Å². The largest absolute Gasteiger partial charge is 0.493 e. The number of halogens is 2. The first-order chi connectivity index (χ1) is 6.72. The molecule has 2 nitrogen and oxygen atoms in total. The Hall–Kier alpha value is -1.63. The van der Waals surface area contributed by atoms with Crippen molar-refractivity contribution in [2.45, 2.75) is 12.8 Å². The summed E-state index contributed by atoms with van der Waals surface area (Å²) in [6, 6.07) is 4.94. The van der Waals surface area contributed by atoms with Crippen molar-refractivity contribution in [3.8, 4) is 11.8 Å². The molecule has 0 saturated heterocycles. The number of ether oxygens (including phenoxy) is 1. The Labute approximate surface area is 80.7 Å². The highest BCUT2D eigenvalue weighted by Gasteiger charge is 2.00. The van der Waals surface area contributed by atoms with E-state index in [1.165, 1.54) is 0 Å². The first kappa shape index (κ1) is 10.5. The molecule has 1 aromatic carbocycles. The van der Waals surface area contributed by atoms with Crippen molar-refractivity contribution in [1.29, 1.82) is 5.26 Å². The molecule has 0 aliphatic rings. The summed E-state index contributed by atoms with van der Waals surface area (Å²) >= 11 is 0. The molecule has 0 fully saturated rings. The first-order valence-corrected chi connectivity index (χ1v) is 4.18. The minimum atomic E-state index is -0.666. The number of hydrogen-bond donors (Lipinski definition) is 0. The number of nitriles is 1. The summed E-state index contributed by atoms with van der Waals surface area (Å²) in [4.78, 5) is 0. The van der Waals surface area contributed by atoms with Gasteiger partial charge in [-0.25, -0.2) is 8.78 Å². The fourth-order valence-electron chi connectivity index (χ4n) is 0.953. The van der Waals surface area contributed by atoms with Crippen molar-refractivity contribution in [3.63, 3.8) is 0 Å². The van der Waals surface area contributed by atoms with E-state index < -0.39 is 11.6 Å². The van der Waals surface area contributed by atoms with Gasteiger partial charge in [-0.3, -0.25) is 0 Å². The van der Waals surface area contributed by atoms with E-state index in [1.807, 2.05) is 6.07 Å². The lowest BCUT2D eigenvalue weighted by Crippen LogP contribution is -1.97. The zero-order chi connectivity index (χ0) is 10.4. The Morgan fingerprint density at radius 3 is 2.43 bits per heavy atom. The summed E-state index contributed by atoms with van der Waals surface area (Å²) in [5.41, 5.74) is 0. The van der Waals surface area contributed by atoms with E-state index in [-0.39, 0.29) is 12.4 Å². The van der Waals surface area contributed by atoms with Crippen molar-refractivity contribution in [1.82, 2.24) is 0 Å². The van der Waals surface area contributed by atoms with Crippen LogP contribution in [0.1, 0.15) is 12.8 Å². The molecule has 0 aromatic heterocycles. The van der Waals surface area contributed by atoms with E-state index in [4.69, 9.17) is 10.00 Å². The fourth-order valence-corrected chi connectivity index (χ4v) is 0.953. The number of nitrogens with zero attached hydrogens (tertiary/aromatic N) is 1. The zero-order valence-corrected chi connectivity index (χ0v) is 7.46. The van der Waals surface area contributed by atoms with Crippen LogP contribution in [0.25, 0.3) is 0 Å². The van der Waals surface area contributed by atoms with E-state index in [9.17, 15) is 8.78 Å². The van der Waals surface area contributed by atoms with Gasteiger partial charge in [0.25, 0.3) is 0 Å². The second-order valence-corrected chi connectivity index (χ2v) is 2.72. The maximum atomic E-state index is 12.6. The highest BCUT2D eigenvalue weighted by molar-refractivity contribution is 5.23. The molecule has 0 radical (unpaired) electrons. The van der Waals surface area contributed by atoms with Crippen molar-refractivity contribution in [2.24, 2.45) is 0 Å². The molecule has 0 N–H and O–H groups in total. The molecular formula is C10H9F2NO. The third-order valence-corrected chi connectivity index (χ3v) is 1.54. The van der Waals surface area contributed by atoms with Gasteiger partial charge >= 0.3 is 0 Å². The Kier molecular flexibility index (Phi) is 3.86. The number of unbranched alkanes of at least 4 members (excludes halogenated alkanes) is 1. The van der Waals surface area contributed by atoms with Gasteiger partial charge in [0.15, 0.2) is 0 Å². The topological polar surface area (TPSA) is 33.0 Å². The van der Waals surface area contributed by atoms with Crippen LogP contribution in [-0.2, 0) is 0 Å². The van der Waals surface area contributed by atoms with Gasteiger partial charge in [0.1, 0.15) is 17.4 Å². The van der Waals surface area contributed by atoms with Crippen LogP contribution >= 0.6 is 0 Å². The number of benzene rings is 1. The Morgan fingerprint density at radius 2 is 1.86 bits per heavy atom. The van der Waals surface area contributed by atoms with Crippen molar-refractivity contribution < 1.29 is 13.5 Å². The van der Waals surface area contributed by atoms with E-state index >= 15 is 0 Å².